The van der Waals surface area contributed by atoms with Gasteiger partial charge in [0.1, 0.15) is 0 Å². The zero-order chi connectivity index (χ0) is 10.1. The molecule has 2 heterocycles. The second-order valence-corrected chi connectivity index (χ2v) is 4.33. The van der Waals surface area contributed by atoms with E-state index in [-0.39, 0.29) is 0 Å². The van der Waals surface area contributed by atoms with Gasteiger partial charge in [0.05, 0.1) is 23.7 Å². The van der Waals surface area contributed by atoms with Gasteiger partial charge < -0.3 is 4.40 Å². The molecule has 0 saturated heterocycles. The lowest BCUT2D eigenvalue weighted by Crippen LogP contribution is -2.05. The summed E-state index contributed by atoms with van der Waals surface area (Å²) in [6.45, 7) is 0. The minimum atomic E-state index is 0.660. The Balaban J connectivity index is 2.02. The number of rotatable bonds is 1. The van der Waals surface area contributed by atoms with Crippen molar-refractivity contribution in [1.82, 2.24) is 14.4 Å². The summed E-state index contributed by atoms with van der Waals surface area (Å²) in [5, 5.41) is 0. The van der Waals surface area contributed by atoms with Gasteiger partial charge in [-0.1, -0.05) is 19.3 Å². The summed E-state index contributed by atoms with van der Waals surface area (Å²) in [6, 6.07) is 0. The second-order valence-electron chi connectivity index (χ2n) is 4.33. The molecule has 1 aliphatic rings. The molecule has 78 valence electrons. The summed E-state index contributed by atoms with van der Waals surface area (Å²) in [5.41, 5.74) is 2.44. The van der Waals surface area contributed by atoms with Crippen LogP contribution in [-0.2, 0) is 0 Å². The fourth-order valence-electron chi connectivity index (χ4n) is 2.55. The first-order valence-electron chi connectivity index (χ1n) is 5.72. The molecule has 1 fully saturated rings. The van der Waals surface area contributed by atoms with Crippen molar-refractivity contribution in [2.24, 2.45) is 0 Å². The van der Waals surface area contributed by atoms with Gasteiger partial charge in [-0.25, -0.2) is 4.98 Å². The molecule has 3 nitrogen and oxygen atoms in total. The normalized spacial score (nSPS) is 18.4. The predicted octanol–water partition coefficient (Wildman–Crippen LogP) is 2.78. The maximum Gasteiger partial charge on any atom is 0.0996 e. The van der Waals surface area contributed by atoms with E-state index in [1.807, 2.05) is 18.7 Å². The Bertz CT molecular complexity index is 455. The minimum absolute atomic E-state index is 0.660. The van der Waals surface area contributed by atoms with Gasteiger partial charge in [-0.2, -0.15) is 0 Å². The van der Waals surface area contributed by atoms with Crippen molar-refractivity contribution in [3.63, 3.8) is 0 Å². The van der Waals surface area contributed by atoms with E-state index in [0.717, 1.165) is 0 Å². The Kier molecular flexibility index (Phi) is 2.16. The molecular weight excluding hydrogens is 186 g/mol. The van der Waals surface area contributed by atoms with Crippen LogP contribution in [0, 0.1) is 0 Å². The van der Waals surface area contributed by atoms with Gasteiger partial charge in [0, 0.05) is 18.3 Å². The largest absolute Gasteiger partial charge is 0.303 e. The van der Waals surface area contributed by atoms with E-state index in [4.69, 9.17) is 0 Å². The van der Waals surface area contributed by atoms with E-state index in [1.54, 1.807) is 6.20 Å². The Morgan fingerprint density at radius 3 is 2.93 bits per heavy atom. The number of imidazole rings is 1. The summed E-state index contributed by atoms with van der Waals surface area (Å²) in [4.78, 5) is 8.72. The molecule has 0 bridgehead atoms. The number of nitrogens with zero attached hydrogens (tertiary/aromatic N) is 3. The molecule has 15 heavy (non-hydrogen) atoms. The topological polar surface area (TPSA) is 30.2 Å². The van der Waals surface area contributed by atoms with Crippen LogP contribution in [0.5, 0.6) is 0 Å². The smallest absolute Gasteiger partial charge is 0.0996 e. The third-order valence-corrected chi connectivity index (χ3v) is 3.36. The number of hydrogen-bond acceptors (Lipinski definition) is 2. The predicted molar refractivity (Wildman–Crippen MR) is 58.8 cm³/mol. The van der Waals surface area contributed by atoms with E-state index in [1.165, 1.54) is 43.3 Å². The van der Waals surface area contributed by atoms with E-state index in [0.29, 0.717) is 5.92 Å². The first kappa shape index (κ1) is 8.89. The zero-order valence-electron chi connectivity index (χ0n) is 8.76. The molecule has 0 spiro atoms. The van der Waals surface area contributed by atoms with E-state index in [9.17, 15) is 0 Å². The fraction of sp³-hybridized carbons (Fsp3) is 0.500. The highest BCUT2D eigenvalue weighted by atomic mass is 15.0. The zero-order valence-corrected chi connectivity index (χ0v) is 8.76. The van der Waals surface area contributed by atoms with Crippen molar-refractivity contribution in [3.05, 3.63) is 30.6 Å². The van der Waals surface area contributed by atoms with Crippen LogP contribution in [0.25, 0.3) is 5.52 Å². The second kappa shape index (κ2) is 3.65. The first-order chi connectivity index (χ1) is 7.45. The SMILES string of the molecule is c1cn2cnc(C3CCCCC3)c2cn1. The summed E-state index contributed by atoms with van der Waals surface area (Å²) < 4.78 is 2.07. The third kappa shape index (κ3) is 1.52. The maximum absolute atomic E-state index is 4.54. The number of aromatic nitrogens is 3. The van der Waals surface area contributed by atoms with Crippen LogP contribution in [-0.4, -0.2) is 14.4 Å². The van der Waals surface area contributed by atoms with Crippen LogP contribution in [0.1, 0.15) is 43.7 Å². The van der Waals surface area contributed by atoms with Gasteiger partial charge in [0.15, 0.2) is 0 Å². The Hall–Kier alpha value is -1.38. The van der Waals surface area contributed by atoms with E-state index in [2.05, 4.69) is 14.4 Å². The van der Waals surface area contributed by atoms with Crippen LogP contribution in [0.4, 0.5) is 0 Å². The molecule has 0 aromatic carbocycles. The van der Waals surface area contributed by atoms with Gasteiger partial charge in [-0.15, -0.1) is 0 Å². The number of fused-ring (bicyclic) bond motifs is 1. The highest BCUT2D eigenvalue weighted by Gasteiger charge is 2.19. The quantitative estimate of drug-likeness (QED) is 0.710. The molecule has 2 aromatic rings. The van der Waals surface area contributed by atoms with Crippen molar-refractivity contribution in [1.29, 1.82) is 0 Å². The average Bonchev–Trinajstić information content (AvgIpc) is 2.74. The molecule has 0 unspecified atom stereocenters. The monoisotopic (exact) mass is 201 g/mol. The van der Waals surface area contributed by atoms with Crippen LogP contribution in [0.3, 0.4) is 0 Å². The maximum atomic E-state index is 4.54. The summed E-state index contributed by atoms with van der Waals surface area (Å²) in [5.74, 6) is 0.660. The third-order valence-electron chi connectivity index (χ3n) is 3.36. The molecular formula is C12H15N3. The van der Waals surface area contributed by atoms with Crippen LogP contribution >= 0.6 is 0 Å². The Labute approximate surface area is 89.2 Å². The van der Waals surface area contributed by atoms with Crippen LogP contribution in [0.15, 0.2) is 24.9 Å². The highest BCUT2D eigenvalue weighted by Crippen LogP contribution is 2.33. The van der Waals surface area contributed by atoms with Gasteiger partial charge in [0.2, 0.25) is 0 Å². The molecule has 0 aliphatic heterocycles. The van der Waals surface area contributed by atoms with Crippen molar-refractivity contribution in [2.45, 2.75) is 38.0 Å². The van der Waals surface area contributed by atoms with Gasteiger partial charge >= 0.3 is 0 Å². The summed E-state index contributed by atoms with van der Waals surface area (Å²) in [7, 11) is 0. The lowest BCUT2D eigenvalue weighted by Gasteiger charge is -2.19. The first-order valence-corrected chi connectivity index (χ1v) is 5.72. The van der Waals surface area contributed by atoms with Crippen molar-refractivity contribution < 1.29 is 0 Å². The molecule has 2 aromatic heterocycles. The van der Waals surface area contributed by atoms with Crippen LogP contribution < -0.4 is 0 Å². The Morgan fingerprint density at radius 2 is 2.07 bits per heavy atom. The van der Waals surface area contributed by atoms with Crippen molar-refractivity contribution in [2.75, 3.05) is 0 Å². The van der Waals surface area contributed by atoms with E-state index < -0.39 is 0 Å². The summed E-state index contributed by atoms with van der Waals surface area (Å²) >= 11 is 0. The molecule has 0 amide bonds. The lowest BCUT2D eigenvalue weighted by atomic mass is 9.87. The lowest BCUT2D eigenvalue weighted by molar-refractivity contribution is 0.439. The molecule has 3 rings (SSSR count). The Morgan fingerprint density at radius 1 is 1.20 bits per heavy atom. The summed E-state index contributed by atoms with van der Waals surface area (Å²) in [6.07, 6.45) is 14.3. The molecule has 1 saturated carbocycles. The van der Waals surface area contributed by atoms with Crippen molar-refractivity contribution >= 4 is 5.52 Å². The molecule has 0 atom stereocenters. The van der Waals surface area contributed by atoms with E-state index >= 15 is 0 Å². The van der Waals surface area contributed by atoms with Gasteiger partial charge in [-0.3, -0.25) is 4.98 Å². The minimum Gasteiger partial charge on any atom is -0.303 e. The van der Waals surface area contributed by atoms with Crippen molar-refractivity contribution in [3.8, 4) is 0 Å². The van der Waals surface area contributed by atoms with Crippen LogP contribution in [0.2, 0.25) is 0 Å². The van der Waals surface area contributed by atoms with Gasteiger partial charge in [0.25, 0.3) is 0 Å². The molecule has 1 aliphatic carbocycles. The van der Waals surface area contributed by atoms with Gasteiger partial charge in [-0.05, 0) is 12.8 Å². The standard InChI is InChI=1S/C12H15N3/c1-2-4-10(5-3-1)12-11-8-13-6-7-15(11)9-14-12/h6-10H,1-5H2. The molecule has 3 heteroatoms. The number of hydrogen-bond donors (Lipinski definition) is 0. The fourth-order valence-corrected chi connectivity index (χ4v) is 2.55. The molecule has 0 N–H and O–H groups in total. The average molecular weight is 201 g/mol. The molecule has 0 radical (unpaired) electrons. The highest BCUT2D eigenvalue weighted by molar-refractivity contribution is 5.51.